The number of pyridine rings is 2. The van der Waals surface area contributed by atoms with Crippen LogP contribution in [0.15, 0.2) is 30.6 Å². The molecule has 2 N–H and O–H groups in total. The third-order valence-electron chi connectivity index (χ3n) is 2.75. The molecule has 2 heterocycles. The first-order chi connectivity index (χ1) is 9.79. The fourth-order valence-electron chi connectivity index (χ4n) is 1.65. The predicted molar refractivity (Wildman–Crippen MR) is 71.8 cm³/mol. The van der Waals surface area contributed by atoms with Gasteiger partial charge in [0.2, 0.25) is 0 Å². The van der Waals surface area contributed by atoms with Gasteiger partial charge in [0.05, 0.1) is 22.0 Å². The van der Waals surface area contributed by atoms with Crippen molar-refractivity contribution >= 4 is 17.3 Å². The average molecular weight is 318 g/mol. The predicted octanol–water partition coefficient (Wildman–Crippen LogP) is 3.56. The summed E-state index contributed by atoms with van der Waals surface area (Å²) in [5, 5.41) is 12.7. The summed E-state index contributed by atoms with van der Waals surface area (Å²) in [7, 11) is 0. The van der Waals surface area contributed by atoms with Gasteiger partial charge < -0.3 is 10.4 Å². The van der Waals surface area contributed by atoms with Gasteiger partial charge in [-0.25, -0.2) is 0 Å². The smallest absolute Gasteiger partial charge is 0.368 e. The van der Waals surface area contributed by atoms with Gasteiger partial charge in [0, 0.05) is 12.4 Å². The number of alkyl halides is 3. The maximum Gasteiger partial charge on any atom is 0.417 e. The first-order valence-corrected chi connectivity index (χ1v) is 6.25. The van der Waals surface area contributed by atoms with Crippen LogP contribution in [0.25, 0.3) is 0 Å². The molecule has 0 spiro atoms. The van der Waals surface area contributed by atoms with E-state index in [0.29, 0.717) is 5.69 Å². The van der Waals surface area contributed by atoms with E-state index in [1.54, 1.807) is 6.07 Å². The molecule has 2 aromatic rings. The highest BCUT2D eigenvalue weighted by atomic mass is 35.5. The lowest BCUT2D eigenvalue weighted by Gasteiger charge is -2.17. The molecule has 0 radical (unpaired) electrons. The van der Waals surface area contributed by atoms with E-state index in [9.17, 15) is 18.3 Å². The van der Waals surface area contributed by atoms with Crippen molar-refractivity contribution in [1.82, 2.24) is 9.97 Å². The topological polar surface area (TPSA) is 58.0 Å². The highest BCUT2D eigenvalue weighted by Crippen LogP contribution is 2.32. The summed E-state index contributed by atoms with van der Waals surface area (Å²) in [5.41, 5.74) is -0.418. The zero-order valence-electron chi connectivity index (χ0n) is 10.8. The molecular weight excluding hydrogens is 307 g/mol. The van der Waals surface area contributed by atoms with Crippen molar-refractivity contribution < 1.29 is 18.3 Å². The van der Waals surface area contributed by atoms with Crippen LogP contribution in [0.4, 0.5) is 18.9 Å². The number of nitrogens with one attached hydrogen (secondary N) is 1. The Kier molecular flexibility index (Phi) is 4.34. The van der Waals surface area contributed by atoms with Crippen LogP contribution in [0, 0.1) is 6.92 Å². The number of aromatic nitrogens is 2. The summed E-state index contributed by atoms with van der Waals surface area (Å²) in [6.45, 7) is 1.52. The number of rotatable bonds is 3. The monoisotopic (exact) mass is 317 g/mol. The molecule has 21 heavy (non-hydrogen) atoms. The lowest BCUT2D eigenvalue weighted by molar-refractivity contribution is -0.137. The van der Waals surface area contributed by atoms with Gasteiger partial charge in [0.25, 0.3) is 0 Å². The van der Waals surface area contributed by atoms with Crippen LogP contribution in [0.1, 0.15) is 23.2 Å². The molecule has 0 aliphatic heterocycles. The van der Waals surface area contributed by atoms with Gasteiger partial charge in [-0.3, -0.25) is 9.97 Å². The normalized spacial score (nSPS) is 13.0. The summed E-state index contributed by atoms with van der Waals surface area (Å²) < 4.78 is 38.0. The molecule has 0 saturated carbocycles. The number of aryl methyl sites for hydroxylation is 1. The van der Waals surface area contributed by atoms with Crippen LogP contribution in [0.2, 0.25) is 5.02 Å². The second kappa shape index (κ2) is 5.87. The molecule has 1 atom stereocenters. The standard InChI is InChI=1S/C13H11ClF3N3O/c1-7-10(5-8(6-19-7)13(15,16)17)20-12(21)11-9(14)3-2-4-18-11/h2-6,12,20-21H,1H3. The maximum absolute atomic E-state index is 12.7. The SMILES string of the molecule is Cc1ncc(C(F)(F)F)cc1NC(O)c1ncccc1Cl. The second-order valence-electron chi connectivity index (χ2n) is 4.27. The van der Waals surface area contributed by atoms with Gasteiger partial charge in [-0.05, 0) is 25.1 Å². The lowest BCUT2D eigenvalue weighted by Crippen LogP contribution is -2.14. The first kappa shape index (κ1) is 15.5. The third-order valence-corrected chi connectivity index (χ3v) is 3.07. The van der Waals surface area contributed by atoms with Gasteiger partial charge in [-0.1, -0.05) is 11.6 Å². The zero-order valence-corrected chi connectivity index (χ0v) is 11.6. The summed E-state index contributed by atoms with van der Waals surface area (Å²) in [6, 6.07) is 3.98. The van der Waals surface area contributed by atoms with Gasteiger partial charge in [0.1, 0.15) is 5.69 Å². The minimum absolute atomic E-state index is 0.0547. The first-order valence-electron chi connectivity index (χ1n) is 5.88. The van der Waals surface area contributed by atoms with Crippen LogP contribution in [0.5, 0.6) is 0 Å². The summed E-state index contributed by atoms with van der Waals surface area (Å²) in [5.74, 6) is 0. The summed E-state index contributed by atoms with van der Waals surface area (Å²) in [6.07, 6.45) is -3.70. The Hall–Kier alpha value is -1.86. The summed E-state index contributed by atoms with van der Waals surface area (Å²) >= 11 is 5.87. The molecule has 0 fully saturated rings. The molecule has 4 nitrogen and oxygen atoms in total. The number of halogens is 4. The Balaban J connectivity index is 2.29. The van der Waals surface area contributed by atoms with E-state index in [1.807, 2.05) is 0 Å². The lowest BCUT2D eigenvalue weighted by atomic mass is 10.2. The second-order valence-corrected chi connectivity index (χ2v) is 4.68. The van der Waals surface area contributed by atoms with Crippen LogP contribution in [-0.4, -0.2) is 15.1 Å². The molecular formula is C13H11ClF3N3O. The fourth-order valence-corrected chi connectivity index (χ4v) is 1.87. The number of nitrogens with zero attached hydrogens (tertiary/aromatic N) is 2. The van der Waals surface area contributed by atoms with Gasteiger partial charge >= 0.3 is 6.18 Å². The van der Waals surface area contributed by atoms with Crippen molar-refractivity contribution in [2.24, 2.45) is 0 Å². The van der Waals surface area contributed by atoms with Gasteiger partial charge in [-0.2, -0.15) is 13.2 Å². The van der Waals surface area contributed by atoms with Gasteiger partial charge in [-0.15, -0.1) is 0 Å². The van der Waals surface area contributed by atoms with Crippen LogP contribution in [-0.2, 0) is 6.18 Å². The molecule has 0 aromatic carbocycles. The minimum atomic E-state index is -4.51. The largest absolute Gasteiger partial charge is 0.417 e. The molecule has 0 aliphatic carbocycles. The molecule has 2 rings (SSSR count). The molecule has 2 aromatic heterocycles. The molecule has 112 valence electrons. The van der Waals surface area contributed by atoms with E-state index in [2.05, 4.69) is 15.3 Å². The van der Waals surface area contributed by atoms with E-state index in [0.717, 1.165) is 12.3 Å². The quantitative estimate of drug-likeness (QED) is 0.850. The number of hydrogen-bond acceptors (Lipinski definition) is 4. The highest BCUT2D eigenvalue weighted by molar-refractivity contribution is 6.31. The van der Waals surface area contributed by atoms with Crippen molar-refractivity contribution in [2.75, 3.05) is 5.32 Å². The minimum Gasteiger partial charge on any atom is -0.368 e. The van der Waals surface area contributed by atoms with Gasteiger partial charge in [0.15, 0.2) is 6.23 Å². The third kappa shape index (κ3) is 3.62. The average Bonchev–Trinajstić information content (AvgIpc) is 2.40. The van der Waals surface area contributed by atoms with E-state index in [-0.39, 0.29) is 16.4 Å². The van der Waals surface area contributed by atoms with Crippen LogP contribution in [0.3, 0.4) is 0 Å². The number of hydrogen-bond donors (Lipinski definition) is 2. The molecule has 0 saturated heterocycles. The number of anilines is 1. The summed E-state index contributed by atoms with van der Waals surface area (Å²) in [4.78, 5) is 7.56. The Morgan fingerprint density at radius 2 is 2.05 bits per heavy atom. The molecule has 0 amide bonds. The van der Waals surface area contributed by atoms with Crippen molar-refractivity contribution in [3.8, 4) is 0 Å². The van der Waals surface area contributed by atoms with Crippen LogP contribution >= 0.6 is 11.6 Å². The zero-order chi connectivity index (χ0) is 15.6. The van der Waals surface area contributed by atoms with Crippen molar-refractivity contribution in [3.05, 3.63) is 52.6 Å². The highest BCUT2D eigenvalue weighted by Gasteiger charge is 2.31. The van der Waals surface area contributed by atoms with Crippen molar-refractivity contribution in [1.29, 1.82) is 0 Å². The maximum atomic E-state index is 12.7. The fraction of sp³-hybridized carbons (Fsp3) is 0.231. The Bertz CT molecular complexity index is 649. The molecule has 8 heteroatoms. The Morgan fingerprint density at radius 1 is 1.33 bits per heavy atom. The Morgan fingerprint density at radius 3 is 2.67 bits per heavy atom. The van der Waals surface area contributed by atoms with E-state index < -0.39 is 18.0 Å². The van der Waals surface area contributed by atoms with Crippen molar-refractivity contribution in [3.63, 3.8) is 0 Å². The molecule has 0 bridgehead atoms. The van der Waals surface area contributed by atoms with Crippen molar-refractivity contribution in [2.45, 2.75) is 19.3 Å². The number of aliphatic hydroxyl groups excluding tert-OH is 1. The van der Waals surface area contributed by atoms with E-state index in [1.165, 1.54) is 19.2 Å². The molecule has 1 unspecified atom stereocenters. The van der Waals surface area contributed by atoms with Crippen LogP contribution < -0.4 is 5.32 Å². The van der Waals surface area contributed by atoms with E-state index in [4.69, 9.17) is 11.6 Å². The number of aliphatic hydroxyl groups is 1. The van der Waals surface area contributed by atoms with E-state index >= 15 is 0 Å². The molecule has 0 aliphatic rings. The Labute approximate surface area is 123 Å².